The molecular formula is C13H18N2O3. The predicted molar refractivity (Wildman–Crippen MR) is 67.8 cm³/mol. The number of carbonyl (C=O) groups is 1. The molecule has 98 valence electrons. The second-order valence-corrected chi connectivity index (χ2v) is 4.79. The molecule has 0 saturated heterocycles. The molecule has 1 aliphatic rings. The SMILES string of the molecule is Cc1cc(C(=O)O)cc(NC2CCCCC2O)n1. The number of aryl methyl sites for hydroxylation is 1. The minimum atomic E-state index is -0.965. The lowest BCUT2D eigenvalue weighted by atomic mass is 9.92. The van der Waals surface area contributed by atoms with E-state index in [1.807, 2.05) is 0 Å². The van der Waals surface area contributed by atoms with Crippen molar-refractivity contribution in [3.05, 3.63) is 23.4 Å². The molecule has 18 heavy (non-hydrogen) atoms. The Morgan fingerprint density at radius 3 is 2.78 bits per heavy atom. The van der Waals surface area contributed by atoms with Crippen molar-refractivity contribution in [2.24, 2.45) is 0 Å². The van der Waals surface area contributed by atoms with Gasteiger partial charge < -0.3 is 15.5 Å². The summed E-state index contributed by atoms with van der Waals surface area (Å²) in [6, 6.07) is 3.01. The quantitative estimate of drug-likeness (QED) is 0.762. The van der Waals surface area contributed by atoms with Crippen LogP contribution < -0.4 is 5.32 Å². The van der Waals surface area contributed by atoms with Crippen molar-refractivity contribution in [2.45, 2.75) is 44.8 Å². The van der Waals surface area contributed by atoms with E-state index in [-0.39, 0.29) is 17.7 Å². The van der Waals surface area contributed by atoms with Gasteiger partial charge in [-0.3, -0.25) is 0 Å². The van der Waals surface area contributed by atoms with Crippen molar-refractivity contribution in [1.29, 1.82) is 0 Å². The molecule has 0 bridgehead atoms. The van der Waals surface area contributed by atoms with Gasteiger partial charge in [-0.15, -0.1) is 0 Å². The molecule has 0 spiro atoms. The van der Waals surface area contributed by atoms with Crippen LogP contribution in [0.15, 0.2) is 12.1 Å². The van der Waals surface area contributed by atoms with Crippen molar-refractivity contribution >= 4 is 11.8 Å². The number of hydrogen-bond acceptors (Lipinski definition) is 4. The number of anilines is 1. The van der Waals surface area contributed by atoms with Gasteiger partial charge in [-0.05, 0) is 31.9 Å². The Balaban J connectivity index is 2.15. The molecule has 0 amide bonds. The molecule has 1 aromatic heterocycles. The summed E-state index contributed by atoms with van der Waals surface area (Å²) in [5.41, 5.74) is 0.873. The standard InChI is InChI=1S/C13H18N2O3/c1-8-6-9(13(17)18)7-12(14-8)15-10-4-2-3-5-11(10)16/h6-7,10-11,16H,2-5H2,1H3,(H,14,15)(H,17,18). The second kappa shape index (κ2) is 5.35. The molecule has 0 radical (unpaired) electrons. The Morgan fingerprint density at radius 1 is 1.39 bits per heavy atom. The molecule has 5 heteroatoms. The highest BCUT2D eigenvalue weighted by Gasteiger charge is 2.23. The topological polar surface area (TPSA) is 82.5 Å². The van der Waals surface area contributed by atoms with Crippen LogP contribution in [0.3, 0.4) is 0 Å². The summed E-state index contributed by atoms with van der Waals surface area (Å²) >= 11 is 0. The predicted octanol–water partition coefficient (Wildman–Crippen LogP) is 1.80. The summed E-state index contributed by atoms with van der Waals surface area (Å²) in [5.74, 6) is -0.439. The summed E-state index contributed by atoms with van der Waals surface area (Å²) < 4.78 is 0. The van der Waals surface area contributed by atoms with Crippen LogP contribution in [0.1, 0.15) is 41.7 Å². The van der Waals surface area contributed by atoms with Gasteiger partial charge in [0.05, 0.1) is 17.7 Å². The zero-order valence-electron chi connectivity index (χ0n) is 10.4. The number of aliphatic hydroxyl groups is 1. The van der Waals surface area contributed by atoms with Gasteiger partial charge in [0.2, 0.25) is 0 Å². The summed E-state index contributed by atoms with van der Waals surface area (Å²) in [6.07, 6.45) is 3.41. The van der Waals surface area contributed by atoms with Gasteiger partial charge in [0.25, 0.3) is 0 Å². The summed E-state index contributed by atoms with van der Waals surface area (Å²) in [6.45, 7) is 1.76. The number of carboxylic acid groups (broad SMARTS) is 1. The Hall–Kier alpha value is -1.62. The van der Waals surface area contributed by atoms with E-state index in [0.29, 0.717) is 11.5 Å². The summed E-state index contributed by atoms with van der Waals surface area (Å²) in [7, 11) is 0. The molecule has 0 aromatic carbocycles. The molecule has 1 fully saturated rings. The minimum absolute atomic E-state index is 0.0327. The van der Waals surface area contributed by atoms with Crippen molar-refractivity contribution < 1.29 is 15.0 Å². The van der Waals surface area contributed by atoms with Gasteiger partial charge in [-0.2, -0.15) is 0 Å². The first-order valence-corrected chi connectivity index (χ1v) is 6.23. The van der Waals surface area contributed by atoms with Crippen LogP contribution in [0.5, 0.6) is 0 Å². The van der Waals surface area contributed by atoms with Crippen molar-refractivity contribution in [2.75, 3.05) is 5.32 Å². The van der Waals surface area contributed by atoms with Gasteiger partial charge in [0, 0.05) is 5.69 Å². The molecule has 2 rings (SSSR count). The number of aromatic nitrogens is 1. The molecule has 3 N–H and O–H groups in total. The summed E-state index contributed by atoms with van der Waals surface area (Å²) in [5, 5.41) is 22.0. The molecule has 2 atom stereocenters. The van der Waals surface area contributed by atoms with E-state index in [1.54, 1.807) is 6.92 Å². The Bertz CT molecular complexity index is 448. The fraction of sp³-hybridized carbons (Fsp3) is 0.538. The Labute approximate surface area is 106 Å². The van der Waals surface area contributed by atoms with E-state index < -0.39 is 5.97 Å². The largest absolute Gasteiger partial charge is 0.478 e. The van der Waals surface area contributed by atoms with E-state index in [9.17, 15) is 9.90 Å². The van der Waals surface area contributed by atoms with E-state index in [0.717, 1.165) is 25.7 Å². The van der Waals surface area contributed by atoms with E-state index >= 15 is 0 Å². The van der Waals surface area contributed by atoms with Crippen molar-refractivity contribution in [3.8, 4) is 0 Å². The van der Waals surface area contributed by atoms with E-state index in [1.165, 1.54) is 12.1 Å². The maximum Gasteiger partial charge on any atom is 0.335 e. The van der Waals surface area contributed by atoms with Gasteiger partial charge in [0.1, 0.15) is 5.82 Å². The average molecular weight is 250 g/mol. The lowest BCUT2D eigenvalue weighted by Gasteiger charge is -2.28. The zero-order valence-corrected chi connectivity index (χ0v) is 10.4. The number of rotatable bonds is 3. The van der Waals surface area contributed by atoms with Crippen molar-refractivity contribution in [1.82, 2.24) is 4.98 Å². The highest BCUT2D eigenvalue weighted by molar-refractivity contribution is 5.88. The van der Waals surface area contributed by atoms with Gasteiger partial charge in [-0.1, -0.05) is 12.8 Å². The average Bonchev–Trinajstić information content (AvgIpc) is 2.31. The van der Waals surface area contributed by atoms with Crippen LogP contribution in [-0.2, 0) is 0 Å². The molecule has 1 heterocycles. The van der Waals surface area contributed by atoms with E-state index in [2.05, 4.69) is 10.3 Å². The van der Waals surface area contributed by atoms with Crippen LogP contribution in [0.25, 0.3) is 0 Å². The number of carboxylic acids is 1. The maximum atomic E-state index is 11.0. The van der Waals surface area contributed by atoms with Crippen molar-refractivity contribution in [3.63, 3.8) is 0 Å². The number of nitrogens with zero attached hydrogens (tertiary/aromatic N) is 1. The van der Waals surface area contributed by atoms with Crippen LogP contribution >= 0.6 is 0 Å². The maximum absolute atomic E-state index is 11.0. The zero-order chi connectivity index (χ0) is 13.1. The third-order valence-electron chi connectivity index (χ3n) is 3.26. The normalized spacial score (nSPS) is 23.7. The fourth-order valence-electron chi connectivity index (χ4n) is 2.34. The number of hydrogen-bond donors (Lipinski definition) is 3. The molecule has 1 aromatic rings. The third-order valence-corrected chi connectivity index (χ3v) is 3.26. The molecule has 5 nitrogen and oxygen atoms in total. The van der Waals surface area contributed by atoms with Crippen LogP contribution in [0.4, 0.5) is 5.82 Å². The molecule has 2 unspecified atom stereocenters. The number of pyridine rings is 1. The molecule has 1 aliphatic carbocycles. The highest BCUT2D eigenvalue weighted by atomic mass is 16.4. The second-order valence-electron chi connectivity index (χ2n) is 4.79. The number of aromatic carboxylic acids is 1. The first-order valence-electron chi connectivity index (χ1n) is 6.23. The third kappa shape index (κ3) is 2.98. The minimum Gasteiger partial charge on any atom is -0.478 e. The number of nitrogens with one attached hydrogen (secondary N) is 1. The van der Waals surface area contributed by atoms with Gasteiger partial charge in [-0.25, -0.2) is 9.78 Å². The van der Waals surface area contributed by atoms with Gasteiger partial charge in [0.15, 0.2) is 0 Å². The van der Waals surface area contributed by atoms with Crippen LogP contribution in [-0.4, -0.2) is 33.3 Å². The molecule has 0 aliphatic heterocycles. The fourth-order valence-corrected chi connectivity index (χ4v) is 2.34. The molecular weight excluding hydrogens is 232 g/mol. The first kappa shape index (κ1) is 12.8. The van der Waals surface area contributed by atoms with E-state index in [4.69, 9.17) is 5.11 Å². The van der Waals surface area contributed by atoms with Crippen LogP contribution in [0.2, 0.25) is 0 Å². The Morgan fingerprint density at radius 2 is 2.11 bits per heavy atom. The monoisotopic (exact) mass is 250 g/mol. The first-order chi connectivity index (χ1) is 8.56. The van der Waals surface area contributed by atoms with Crippen LogP contribution in [0, 0.1) is 6.92 Å². The van der Waals surface area contributed by atoms with Gasteiger partial charge >= 0.3 is 5.97 Å². The highest BCUT2D eigenvalue weighted by Crippen LogP contribution is 2.22. The number of aliphatic hydroxyl groups excluding tert-OH is 1. The summed E-state index contributed by atoms with van der Waals surface area (Å²) in [4.78, 5) is 15.2. The lowest BCUT2D eigenvalue weighted by molar-refractivity contribution is 0.0696. The smallest absolute Gasteiger partial charge is 0.335 e. The lowest BCUT2D eigenvalue weighted by Crippen LogP contribution is -2.36. The molecule has 1 saturated carbocycles. The Kier molecular flexibility index (Phi) is 3.81.